The topological polar surface area (TPSA) is 106 Å². The van der Waals surface area contributed by atoms with Gasteiger partial charge in [0.25, 0.3) is 0 Å². The first-order chi connectivity index (χ1) is 18.1. The van der Waals surface area contributed by atoms with Gasteiger partial charge < -0.3 is 20.1 Å². The molecule has 1 amide bonds. The molecule has 3 N–H and O–H groups in total. The van der Waals surface area contributed by atoms with Crippen LogP contribution in [0.15, 0.2) is 55.1 Å². The molecular formula is C28H30N8O. The van der Waals surface area contributed by atoms with Gasteiger partial charge in [-0.15, -0.1) is 0 Å². The number of nitrogens with one attached hydrogen (secondary N) is 3. The minimum Gasteiger partial charge on any atom is -0.367 e. The van der Waals surface area contributed by atoms with Gasteiger partial charge in [-0.1, -0.05) is 13.0 Å². The van der Waals surface area contributed by atoms with Gasteiger partial charge in [-0.25, -0.2) is 0 Å². The Labute approximate surface area is 214 Å². The first-order valence-corrected chi connectivity index (χ1v) is 12.7. The van der Waals surface area contributed by atoms with Crippen LogP contribution >= 0.6 is 0 Å². The third kappa shape index (κ3) is 4.53. The van der Waals surface area contributed by atoms with Crippen LogP contribution in [0.5, 0.6) is 0 Å². The van der Waals surface area contributed by atoms with E-state index in [1.165, 1.54) is 0 Å². The molecule has 4 aromatic heterocycles. The lowest BCUT2D eigenvalue weighted by molar-refractivity contribution is -0.116. The number of amides is 1. The minimum atomic E-state index is -0.00160. The maximum atomic E-state index is 12.1. The number of pyridine rings is 2. The molecule has 9 nitrogen and oxygen atoms in total. The van der Waals surface area contributed by atoms with Crippen molar-refractivity contribution < 1.29 is 4.79 Å². The fourth-order valence-electron chi connectivity index (χ4n) is 4.98. The molecule has 188 valence electrons. The molecule has 1 fully saturated rings. The summed E-state index contributed by atoms with van der Waals surface area (Å²) >= 11 is 0. The molecular weight excluding hydrogens is 464 g/mol. The Hall–Kier alpha value is -4.24. The number of piperazine rings is 1. The number of anilines is 2. The smallest absolute Gasteiger partial charge is 0.224 e. The van der Waals surface area contributed by atoms with Gasteiger partial charge in [-0.3, -0.25) is 19.9 Å². The summed E-state index contributed by atoms with van der Waals surface area (Å²) in [6.45, 7) is 6.04. The highest BCUT2D eigenvalue weighted by Crippen LogP contribution is 2.34. The van der Waals surface area contributed by atoms with E-state index in [9.17, 15) is 4.79 Å². The van der Waals surface area contributed by atoms with E-state index < -0.39 is 0 Å². The van der Waals surface area contributed by atoms with E-state index in [4.69, 9.17) is 0 Å². The molecule has 0 spiro atoms. The number of rotatable bonds is 6. The average Bonchev–Trinajstić information content (AvgIpc) is 3.53. The minimum absolute atomic E-state index is 0.00160. The molecule has 0 aliphatic carbocycles. The molecule has 0 saturated carbocycles. The molecule has 1 aromatic carbocycles. The van der Waals surface area contributed by atoms with Crippen LogP contribution in [-0.4, -0.2) is 69.2 Å². The van der Waals surface area contributed by atoms with Crippen LogP contribution in [0.25, 0.3) is 44.3 Å². The number of likely N-dealkylation sites (N-methyl/N-ethyl adjacent to an activating group) is 1. The summed E-state index contributed by atoms with van der Waals surface area (Å²) in [5.41, 5.74) is 7.54. The largest absolute Gasteiger partial charge is 0.367 e. The second-order valence-electron chi connectivity index (χ2n) is 9.69. The summed E-state index contributed by atoms with van der Waals surface area (Å²) in [6.07, 6.45) is 8.63. The Bertz CT molecular complexity index is 1580. The van der Waals surface area contributed by atoms with Crippen molar-refractivity contribution >= 4 is 39.1 Å². The van der Waals surface area contributed by atoms with Gasteiger partial charge >= 0.3 is 0 Å². The lowest BCUT2D eigenvalue weighted by atomic mass is 10.0. The van der Waals surface area contributed by atoms with Crippen LogP contribution in [0.2, 0.25) is 0 Å². The fourth-order valence-corrected chi connectivity index (χ4v) is 4.98. The molecule has 6 rings (SSSR count). The molecule has 0 radical (unpaired) electrons. The number of hydrogen-bond acceptors (Lipinski definition) is 6. The average molecular weight is 495 g/mol. The molecule has 37 heavy (non-hydrogen) atoms. The lowest BCUT2D eigenvalue weighted by Crippen LogP contribution is -2.44. The van der Waals surface area contributed by atoms with Crippen LogP contribution in [0, 0.1) is 0 Å². The Balaban J connectivity index is 1.35. The number of carbonyl (C=O) groups excluding carboxylic acids is 1. The molecule has 0 bridgehead atoms. The summed E-state index contributed by atoms with van der Waals surface area (Å²) in [5.74, 6) is -0.00160. The number of H-pyrrole nitrogens is 2. The summed E-state index contributed by atoms with van der Waals surface area (Å²) < 4.78 is 0. The molecule has 1 aliphatic rings. The van der Waals surface area contributed by atoms with Crippen LogP contribution in [0.4, 0.5) is 11.4 Å². The van der Waals surface area contributed by atoms with Crippen molar-refractivity contribution in [2.45, 2.75) is 19.8 Å². The zero-order chi connectivity index (χ0) is 25.4. The van der Waals surface area contributed by atoms with E-state index in [1.807, 2.05) is 43.7 Å². The van der Waals surface area contributed by atoms with E-state index in [2.05, 4.69) is 59.4 Å². The maximum Gasteiger partial charge on any atom is 0.224 e. The van der Waals surface area contributed by atoms with Crippen molar-refractivity contribution in [3.8, 4) is 22.5 Å². The van der Waals surface area contributed by atoms with Crippen molar-refractivity contribution in [1.29, 1.82) is 0 Å². The highest BCUT2D eigenvalue weighted by Gasteiger charge is 2.19. The molecule has 9 heteroatoms. The first-order valence-electron chi connectivity index (χ1n) is 12.7. The molecule has 5 heterocycles. The number of aromatic nitrogens is 5. The monoisotopic (exact) mass is 494 g/mol. The van der Waals surface area contributed by atoms with E-state index in [-0.39, 0.29) is 5.91 Å². The van der Waals surface area contributed by atoms with Gasteiger partial charge in [0.15, 0.2) is 0 Å². The van der Waals surface area contributed by atoms with Crippen molar-refractivity contribution in [3.63, 3.8) is 0 Å². The Morgan fingerprint density at radius 2 is 1.78 bits per heavy atom. The summed E-state index contributed by atoms with van der Waals surface area (Å²) in [5, 5.41) is 12.9. The van der Waals surface area contributed by atoms with Crippen molar-refractivity contribution in [3.05, 3.63) is 55.1 Å². The summed E-state index contributed by atoms with van der Waals surface area (Å²) in [4.78, 5) is 29.2. The SMILES string of the molecule is CCCC(=O)Nc1cncc(-c2ccc3[nH]nc(-c4cc5c(N6CCN(C)CC6)cncc5[nH]4)c3c2)c1. The lowest BCUT2D eigenvalue weighted by Gasteiger charge is -2.34. The molecule has 5 aromatic rings. The number of nitrogens with zero attached hydrogens (tertiary/aromatic N) is 5. The quantitative estimate of drug-likeness (QED) is 0.317. The highest BCUT2D eigenvalue weighted by atomic mass is 16.1. The number of hydrogen-bond donors (Lipinski definition) is 3. The molecule has 0 unspecified atom stereocenters. The Kier molecular flexibility index (Phi) is 6.05. The third-order valence-corrected chi connectivity index (χ3v) is 7.02. The molecule has 1 saturated heterocycles. The van der Waals surface area contributed by atoms with E-state index in [0.29, 0.717) is 12.1 Å². The van der Waals surface area contributed by atoms with Crippen LogP contribution in [-0.2, 0) is 4.79 Å². The van der Waals surface area contributed by atoms with Gasteiger partial charge in [-0.05, 0) is 43.3 Å². The van der Waals surface area contributed by atoms with E-state index in [0.717, 1.165) is 82.6 Å². The van der Waals surface area contributed by atoms with E-state index >= 15 is 0 Å². The zero-order valence-electron chi connectivity index (χ0n) is 21.1. The first kappa shape index (κ1) is 23.2. The van der Waals surface area contributed by atoms with Crippen molar-refractivity contribution in [1.82, 2.24) is 30.0 Å². The highest BCUT2D eigenvalue weighted by molar-refractivity contribution is 6.00. The van der Waals surface area contributed by atoms with Gasteiger partial charge in [0.1, 0.15) is 5.69 Å². The summed E-state index contributed by atoms with van der Waals surface area (Å²) in [7, 11) is 2.16. The van der Waals surface area contributed by atoms with Gasteiger partial charge in [0.2, 0.25) is 5.91 Å². The van der Waals surface area contributed by atoms with Gasteiger partial charge in [0, 0.05) is 55.1 Å². The predicted molar refractivity (Wildman–Crippen MR) is 148 cm³/mol. The Morgan fingerprint density at radius 3 is 2.62 bits per heavy atom. The number of aromatic amines is 2. The zero-order valence-corrected chi connectivity index (χ0v) is 21.1. The van der Waals surface area contributed by atoms with Gasteiger partial charge in [0.05, 0.1) is 46.7 Å². The third-order valence-electron chi connectivity index (χ3n) is 7.02. The van der Waals surface area contributed by atoms with Crippen molar-refractivity contribution in [2.24, 2.45) is 0 Å². The second-order valence-corrected chi connectivity index (χ2v) is 9.69. The number of fused-ring (bicyclic) bond motifs is 2. The predicted octanol–water partition coefficient (Wildman–Crippen LogP) is 4.66. The van der Waals surface area contributed by atoms with Crippen LogP contribution < -0.4 is 10.2 Å². The van der Waals surface area contributed by atoms with Gasteiger partial charge in [-0.2, -0.15) is 5.10 Å². The molecule has 0 atom stereocenters. The fraction of sp³-hybridized carbons (Fsp3) is 0.286. The summed E-state index contributed by atoms with van der Waals surface area (Å²) in [6, 6.07) is 10.3. The number of benzene rings is 1. The standard InChI is InChI=1S/C28H30N8O/c1-3-4-27(37)31-20-11-19(14-29-15-20)18-5-6-23-22(12-18)28(34-33-23)24-13-21-25(32-24)16-30-17-26(21)36-9-7-35(2)8-10-36/h5-6,11-17,32H,3-4,7-10H2,1-2H3,(H,31,37)(H,33,34). The van der Waals surface area contributed by atoms with Crippen LogP contribution in [0.3, 0.4) is 0 Å². The van der Waals surface area contributed by atoms with E-state index in [1.54, 1.807) is 6.20 Å². The normalized spacial score (nSPS) is 14.5. The van der Waals surface area contributed by atoms with Crippen LogP contribution in [0.1, 0.15) is 19.8 Å². The number of carbonyl (C=O) groups is 1. The molecule has 1 aliphatic heterocycles. The maximum absolute atomic E-state index is 12.1. The van der Waals surface area contributed by atoms with Crippen molar-refractivity contribution in [2.75, 3.05) is 43.4 Å². The Morgan fingerprint density at radius 1 is 0.946 bits per heavy atom. The second kappa shape index (κ2) is 9.67.